The number of nitrogens with one attached hydrogen (secondary N) is 1. The van der Waals surface area contributed by atoms with Crippen LogP contribution in [0.5, 0.6) is 0 Å². The van der Waals surface area contributed by atoms with Gasteiger partial charge in [0.1, 0.15) is 10.7 Å². The largest absolute Gasteiger partial charge is 0.481 e. The second-order valence-electron chi connectivity index (χ2n) is 4.83. The monoisotopic (exact) mass is 305 g/mol. The molecule has 3 N–H and O–H groups in total. The molecular formula is C12H16FNO5S. The number of carbonyl (C=O) groups is 1. The zero-order valence-corrected chi connectivity index (χ0v) is 11.9. The van der Waals surface area contributed by atoms with Gasteiger partial charge in [-0.05, 0) is 31.5 Å². The standard InChI is InChI=1S/C12H16FNO5S/c1-8-3-4-9(13)10(5-8)20(18,19)14-7-12(2,17)6-11(15)16/h3-5,14,17H,6-7H2,1-2H3,(H,15,16). The van der Waals surface area contributed by atoms with Gasteiger partial charge in [-0.1, -0.05) is 6.07 Å². The van der Waals surface area contributed by atoms with E-state index in [1.807, 2.05) is 4.72 Å². The van der Waals surface area contributed by atoms with E-state index in [1.165, 1.54) is 13.0 Å². The molecule has 20 heavy (non-hydrogen) atoms. The molecule has 0 bridgehead atoms. The van der Waals surface area contributed by atoms with Gasteiger partial charge in [-0.3, -0.25) is 4.79 Å². The summed E-state index contributed by atoms with van der Waals surface area (Å²) >= 11 is 0. The van der Waals surface area contributed by atoms with Crippen LogP contribution in [0.1, 0.15) is 18.9 Å². The first-order valence-corrected chi connectivity index (χ1v) is 7.22. The molecule has 0 saturated heterocycles. The molecule has 0 radical (unpaired) electrons. The van der Waals surface area contributed by atoms with E-state index in [9.17, 15) is 22.7 Å². The number of hydrogen-bond donors (Lipinski definition) is 3. The number of benzene rings is 1. The number of aryl methyl sites for hydroxylation is 1. The molecule has 1 aromatic carbocycles. The average molecular weight is 305 g/mol. The first-order valence-electron chi connectivity index (χ1n) is 5.73. The van der Waals surface area contributed by atoms with Crippen molar-refractivity contribution in [2.75, 3.05) is 6.54 Å². The highest BCUT2D eigenvalue weighted by Gasteiger charge is 2.28. The summed E-state index contributed by atoms with van der Waals surface area (Å²) < 4.78 is 39.4. The molecule has 0 amide bonds. The van der Waals surface area contributed by atoms with Gasteiger partial charge in [-0.25, -0.2) is 17.5 Å². The van der Waals surface area contributed by atoms with Crippen molar-refractivity contribution in [3.05, 3.63) is 29.6 Å². The Balaban J connectivity index is 2.91. The van der Waals surface area contributed by atoms with E-state index in [1.54, 1.807) is 6.92 Å². The van der Waals surface area contributed by atoms with E-state index in [0.29, 0.717) is 5.56 Å². The third-order valence-electron chi connectivity index (χ3n) is 2.55. The highest BCUT2D eigenvalue weighted by molar-refractivity contribution is 7.89. The summed E-state index contributed by atoms with van der Waals surface area (Å²) in [6.45, 7) is 2.25. The molecule has 1 aromatic rings. The first-order chi connectivity index (χ1) is 9.03. The van der Waals surface area contributed by atoms with Crippen LogP contribution in [-0.4, -0.2) is 36.7 Å². The lowest BCUT2D eigenvalue weighted by Gasteiger charge is -2.21. The van der Waals surface area contributed by atoms with Crippen molar-refractivity contribution < 1.29 is 27.8 Å². The van der Waals surface area contributed by atoms with Crippen molar-refractivity contribution in [2.24, 2.45) is 0 Å². The summed E-state index contributed by atoms with van der Waals surface area (Å²) in [7, 11) is -4.16. The van der Waals surface area contributed by atoms with Gasteiger partial charge in [0, 0.05) is 6.54 Å². The number of aliphatic carboxylic acids is 1. The van der Waals surface area contributed by atoms with Gasteiger partial charge in [0.05, 0.1) is 12.0 Å². The molecule has 0 aromatic heterocycles. The fourth-order valence-corrected chi connectivity index (χ4v) is 2.86. The maximum absolute atomic E-state index is 13.5. The second kappa shape index (κ2) is 5.86. The van der Waals surface area contributed by atoms with Gasteiger partial charge in [0.15, 0.2) is 0 Å². The quantitative estimate of drug-likeness (QED) is 0.715. The molecule has 6 nitrogen and oxygen atoms in total. The molecule has 1 atom stereocenters. The minimum absolute atomic E-state index is 0.533. The molecule has 0 aliphatic rings. The number of carboxylic acid groups (broad SMARTS) is 1. The Kier molecular flexibility index (Phi) is 4.85. The van der Waals surface area contributed by atoms with Crippen molar-refractivity contribution in [3.8, 4) is 0 Å². The Morgan fingerprint density at radius 2 is 2.05 bits per heavy atom. The summed E-state index contributed by atoms with van der Waals surface area (Å²) in [4.78, 5) is 9.97. The van der Waals surface area contributed by atoms with E-state index < -0.39 is 45.3 Å². The van der Waals surface area contributed by atoms with E-state index in [4.69, 9.17) is 5.11 Å². The number of sulfonamides is 1. The van der Waals surface area contributed by atoms with Crippen molar-refractivity contribution in [3.63, 3.8) is 0 Å². The van der Waals surface area contributed by atoms with E-state index >= 15 is 0 Å². The molecule has 1 rings (SSSR count). The van der Waals surface area contributed by atoms with Gasteiger partial charge in [-0.15, -0.1) is 0 Å². The summed E-state index contributed by atoms with van der Waals surface area (Å²) in [5, 5.41) is 18.3. The van der Waals surface area contributed by atoms with Crippen LogP contribution in [0.2, 0.25) is 0 Å². The highest BCUT2D eigenvalue weighted by atomic mass is 32.2. The fraction of sp³-hybridized carbons (Fsp3) is 0.417. The van der Waals surface area contributed by atoms with Gasteiger partial charge in [0.25, 0.3) is 0 Å². The molecule has 0 heterocycles. The Labute approximate surface area is 116 Å². The zero-order chi connectivity index (χ0) is 15.6. The van der Waals surface area contributed by atoms with Crippen LogP contribution in [-0.2, 0) is 14.8 Å². The van der Waals surface area contributed by atoms with Crippen molar-refractivity contribution in [2.45, 2.75) is 30.8 Å². The van der Waals surface area contributed by atoms with Crippen LogP contribution >= 0.6 is 0 Å². The number of aliphatic hydroxyl groups is 1. The van der Waals surface area contributed by atoms with Gasteiger partial charge < -0.3 is 10.2 Å². The van der Waals surface area contributed by atoms with Crippen LogP contribution in [0.25, 0.3) is 0 Å². The maximum atomic E-state index is 13.5. The normalized spacial score (nSPS) is 14.8. The minimum atomic E-state index is -4.16. The summed E-state index contributed by atoms with van der Waals surface area (Å²) in [6.07, 6.45) is -0.633. The molecule has 0 aliphatic carbocycles. The molecule has 0 spiro atoms. The minimum Gasteiger partial charge on any atom is -0.481 e. The predicted octanol–water partition coefficient (Wildman–Crippen LogP) is 0.638. The number of hydrogen-bond acceptors (Lipinski definition) is 4. The zero-order valence-electron chi connectivity index (χ0n) is 11.1. The Bertz CT molecular complexity index is 612. The Hall–Kier alpha value is -1.51. The molecule has 0 saturated carbocycles. The summed E-state index contributed by atoms with van der Waals surface area (Å²) in [6, 6.07) is 3.61. The first kappa shape index (κ1) is 16.5. The lowest BCUT2D eigenvalue weighted by Crippen LogP contribution is -2.42. The topological polar surface area (TPSA) is 104 Å². The molecule has 0 fully saturated rings. The van der Waals surface area contributed by atoms with Crippen LogP contribution in [0.15, 0.2) is 23.1 Å². The van der Waals surface area contributed by atoms with E-state index in [2.05, 4.69) is 0 Å². The van der Waals surface area contributed by atoms with Crippen LogP contribution < -0.4 is 4.72 Å². The van der Waals surface area contributed by atoms with Crippen LogP contribution in [0.3, 0.4) is 0 Å². The third kappa shape index (κ3) is 4.55. The van der Waals surface area contributed by atoms with Crippen molar-refractivity contribution in [1.82, 2.24) is 4.72 Å². The van der Waals surface area contributed by atoms with Gasteiger partial charge in [-0.2, -0.15) is 0 Å². The van der Waals surface area contributed by atoms with Gasteiger partial charge in [0.2, 0.25) is 10.0 Å². The lowest BCUT2D eigenvalue weighted by molar-refractivity contribution is -0.141. The number of carboxylic acids is 1. The highest BCUT2D eigenvalue weighted by Crippen LogP contribution is 2.17. The maximum Gasteiger partial charge on any atom is 0.306 e. The predicted molar refractivity (Wildman–Crippen MR) is 69.2 cm³/mol. The van der Waals surface area contributed by atoms with E-state index in [0.717, 1.165) is 12.1 Å². The fourth-order valence-electron chi connectivity index (χ4n) is 1.53. The third-order valence-corrected chi connectivity index (χ3v) is 3.97. The Morgan fingerprint density at radius 3 is 2.60 bits per heavy atom. The summed E-state index contributed by atoms with van der Waals surface area (Å²) in [5.74, 6) is -2.18. The van der Waals surface area contributed by atoms with Gasteiger partial charge >= 0.3 is 5.97 Å². The number of halogens is 1. The average Bonchev–Trinajstić information content (AvgIpc) is 2.28. The van der Waals surface area contributed by atoms with Crippen LogP contribution in [0, 0.1) is 12.7 Å². The smallest absolute Gasteiger partial charge is 0.306 e. The number of rotatable bonds is 6. The SMILES string of the molecule is Cc1ccc(F)c(S(=O)(=O)NCC(C)(O)CC(=O)O)c1. The molecule has 0 aliphatic heterocycles. The molecule has 1 unspecified atom stereocenters. The van der Waals surface area contributed by atoms with Crippen molar-refractivity contribution in [1.29, 1.82) is 0 Å². The van der Waals surface area contributed by atoms with Crippen LogP contribution in [0.4, 0.5) is 4.39 Å². The van der Waals surface area contributed by atoms with Crippen molar-refractivity contribution >= 4 is 16.0 Å². The summed E-state index contributed by atoms with van der Waals surface area (Å²) in [5.41, 5.74) is -1.21. The second-order valence-corrected chi connectivity index (χ2v) is 6.56. The lowest BCUT2D eigenvalue weighted by atomic mass is 10.0. The molecule has 112 valence electrons. The molecular weight excluding hydrogens is 289 g/mol. The Morgan fingerprint density at radius 1 is 1.45 bits per heavy atom. The van der Waals surface area contributed by atoms with E-state index in [-0.39, 0.29) is 0 Å². The molecule has 8 heteroatoms.